The highest BCUT2D eigenvalue weighted by molar-refractivity contribution is 7.10. The molecule has 0 aromatic carbocycles. The van der Waals surface area contributed by atoms with Gasteiger partial charge in [-0.05, 0) is 44.4 Å². The number of aromatic nitrogens is 1. The van der Waals surface area contributed by atoms with Crippen molar-refractivity contribution in [2.24, 2.45) is 0 Å². The first-order valence-electron chi connectivity index (χ1n) is 7.03. The maximum atomic E-state index is 12.6. The Morgan fingerprint density at radius 1 is 1.24 bits per heavy atom. The van der Waals surface area contributed by atoms with Gasteiger partial charge in [-0.3, -0.25) is 4.79 Å². The summed E-state index contributed by atoms with van der Waals surface area (Å²) in [4.78, 5) is 19.9. The molecule has 0 radical (unpaired) electrons. The minimum atomic E-state index is -0.0664. The van der Waals surface area contributed by atoms with Gasteiger partial charge in [0.25, 0.3) is 5.91 Å². The van der Waals surface area contributed by atoms with Crippen LogP contribution in [0.4, 0.5) is 5.82 Å². The number of hydrogen-bond acceptors (Lipinski definition) is 4. The molecule has 0 bridgehead atoms. The lowest BCUT2D eigenvalue weighted by Crippen LogP contribution is -2.30. The first kappa shape index (κ1) is 15.5. The quantitative estimate of drug-likeness (QED) is 0.914. The number of thiophene rings is 1. The van der Waals surface area contributed by atoms with Crippen LogP contribution in [0.2, 0.25) is 0 Å². The molecule has 0 aliphatic carbocycles. The largest absolute Gasteiger partial charge is 0.368 e. The third-order valence-corrected chi connectivity index (χ3v) is 4.30. The van der Waals surface area contributed by atoms with Crippen LogP contribution in [0.3, 0.4) is 0 Å². The summed E-state index contributed by atoms with van der Waals surface area (Å²) in [6.07, 6.45) is 0. The van der Waals surface area contributed by atoms with Gasteiger partial charge >= 0.3 is 0 Å². The summed E-state index contributed by atoms with van der Waals surface area (Å²) in [7, 11) is 1.82. The number of nitrogens with one attached hydrogen (secondary N) is 1. The molecule has 0 saturated carbocycles. The molecule has 2 heterocycles. The number of carbonyl (C=O) groups excluding carboxylic acids is 1. The van der Waals surface area contributed by atoms with Gasteiger partial charge in [0.15, 0.2) is 0 Å². The van der Waals surface area contributed by atoms with Gasteiger partial charge < -0.3 is 10.2 Å². The van der Waals surface area contributed by atoms with Gasteiger partial charge in [-0.1, -0.05) is 12.1 Å². The van der Waals surface area contributed by atoms with E-state index >= 15 is 0 Å². The minimum Gasteiger partial charge on any atom is -0.368 e. The van der Waals surface area contributed by atoms with E-state index in [9.17, 15) is 4.79 Å². The molecule has 1 unspecified atom stereocenters. The van der Waals surface area contributed by atoms with Crippen molar-refractivity contribution >= 4 is 23.1 Å². The Morgan fingerprint density at radius 3 is 2.62 bits per heavy atom. The van der Waals surface area contributed by atoms with E-state index in [-0.39, 0.29) is 18.0 Å². The van der Waals surface area contributed by atoms with E-state index in [4.69, 9.17) is 0 Å². The Balaban J connectivity index is 2.15. The van der Waals surface area contributed by atoms with Crippen molar-refractivity contribution in [3.05, 3.63) is 46.3 Å². The van der Waals surface area contributed by atoms with Gasteiger partial charge in [0.1, 0.15) is 11.5 Å². The average Bonchev–Trinajstić information content (AvgIpc) is 2.98. The second-order valence-electron chi connectivity index (χ2n) is 5.31. The fourth-order valence-corrected chi connectivity index (χ4v) is 2.83. The van der Waals surface area contributed by atoms with Crippen LogP contribution in [0.5, 0.6) is 0 Å². The monoisotopic (exact) mass is 303 g/mol. The summed E-state index contributed by atoms with van der Waals surface area (Å²) in [6.45, 7) is 6.11. The smallest absolute Gasteiger partial charge is 0.272 e. The lowest BCUT2D eigenvalue weighted by Gasteiger charge is -2.24. The number of amides is 1. The van der Waals surface area contributed by atoms with Crippen LogP contribution in [-0.4, -0.2) is 28.9 Å². The molecule has 0 aliphatic heterocycles. The zero-order valence-corrected chi connectivity index (χ0v) is 13.6. The summed E-state index contributed by atoms with van der Waals surface area (Å²) in [5.41, 5.74) is 0.464. The van der Waals surface area contributed by atoms with E-state index in [1.807, 2.05) is 57.5 Å². The summed E-state index contributed by atoms with van der Waals surface area (Å²) in [5.74, 6) is 0.663. The zero-order chi connectivity index (χ0) is 15.4. The SMILES string of the molecule is CC(C)Nc1cccc(C(=O)N(C)C(C)c2cccs2)n1. The summed E-state index contributed by atoms with van der Waals surface area (Å²) in [5, 5.41) is 5.24. The summed E-state index contributed by atoms with van der Waals surface area (Å²) >= 11 is 1.66. The Labute approximate surface area is 129 Å². The molecular formula is C16H21N3OS. The van der Waals surface area contributed by atoms with Crippen molar-refractivity contribution in [3.8, 4) is 0 Å². The molecule has 1 N–H and O–H groups in total. The van der Waals surface area contributed by atoms with Crippen LogP contribution in [0, 0.1) is 0 Å². The van der Waals surface area contributed by atoms with E-state index in [0.29, 0.717) is 5.69 Å². The van der Waals surface area contributed by atoms with Crippen LogP contribution < -0.4 is 5.32 Å². The van der Waals surface area contributed by atoms with E-state index in [1.165, 1.54) is 4.88 Å². The maximum Gasteiger partial charge on any atom is 0.272 e. The topological polar surface area (TPSA) is 45.2 Å². The third-order valence-electron chi connectivity index (χ3n) is 3.26. The van der Waals surface area contributed by atoms with E-state index in [0.717, 1.165) is 5.82 Å². The molecule has 2 rings (SSSR count). The number of hydrogen-bond donors (Lipinski definition) is 1. The fraction of sp³-hybridized carbons (Fsp3) is 0.375. The maximum absolute atomic E-state index is 12.6. The molecule has 1 amide bonds. The number of rotatable bonds is 5. The Kier molecular flexibility index (Phi) is 4.96. The predicted molar refractivity (Wildman–Crippen MR) is 87.8 cm³/mol. The molecule has 0 spiro atoms. The highest BCUT2D eigenvalue weighted by Gasteiger charge is 2.20. The van der Waals surface area contributed by atoms with Crippen LogP contribution in [-0.2, 0) is 0 Å². The van der Waals surface area contributed by atoms with Crippen molar-refractivity contribution in [1.29, 1.82) is 0 Å². The Bertz CT molecular complexity index is 595. The highest BCUT2D eigenvalue weighted by Crippen LogP contribution is 2.24. The molecule has 0 fully saturated rings. The number of nitrogens with zero attached hydrogens (tertiary/aromatic N) is 2. The number of carbonyl (C=O) groups is 1. The van der Waals surface area contributed by atoms with Gasteiger partial charge in [-0.15, -0.1) is 11.3 Å². The first-order chi connectivity index (χ1) is 9.99. The van der Waals surface area contributed by atoms with Crippen molar-refractivity contribution < 1.29 is 4.79 Å². The summed E-state index contributed by atoms with van der Waals surface area (Å²) < 4.78 is 0. The third kappa shape index (κ3) is 3.82. The van der Waals surface area contributed by atoms with Gasteiger partial charge in [-0.2, -0.15) is 0 Å². The normalized spacial score (nSPS) is 12.2. The van der Waals surface area contributed by atoms with E-state index < -0.39 is 0 Å². The second kappa shape index (κ2) is 6.72. The highest BCUT2D eigenvalue weighted by atomic mass is 32.1. The molecule has 0 saturated heterocycles. The van der Waals surface area contributed by atoms with Crippen LogP contribution in [0.1, 0.15) is 42.2 Å². The first-order valence-corrected chi connectivity index (χ1v) is 7.91. The van der Waals surface area contributed by atoms with Crippen molar-refractivity contribution in [2.45, 2.75) is 32.9 Å². The van der Waals surface area contributed by atoms with Gasteiger partial charge in [0.2, 0.25) is 0 Å². The van der Waals surface area contributed by atoms with E-state index in [1.54, 1.807) is 22.3 Å². The van der Waals surface area contributed by atoms with Crippen LogP contribution >= 0.6 is 11.3 Å². The molecule has 1 atom stereocenters. The summed E-state index contributed by atoms with van der Waals surface area (Å²) in [6, 6.07) is 9.86. The molecule has 5 heteroatoms. The van der Waals surface area contributed by atoms with E-state index in [2.05, 4.69) is 10.3 Å². The second-order valence-corrected chi connectivity index (χ2v) is 6.29. The molecule has 2 aromatic heterocycles. The lowest BCUT2D eigenvalue weighted by molar-refractivity contribution is 0.0739. The minimum absolute atomic E-state index is 0.0426. The zero-order valence-electron chi connectivity index (χ0n) is 12.8. The fourth-order valence-electron chi connectivity index (χ4n) is 2.01. The van der Waals surface area contributed by atoms with Crippen LogP contribution in [0.15, 0.2) is 35.7 Å². The molecule has 0 aliphatic rings. The Hall–Kier alpha value is -1.88. The number of pyridine rings is 1. The van der Waals surface area contributed by atoms with Crippen molar-refractivity contribution in [1.82, 2.24) is 9.88 Å². The predicted octanol–water partition coefficient (Wildman–Crippen LogP) is 3.80. The van der Waals surface area contributed by atoms with Crippen molar-refractivity contribution in [3.63, 3.8) is 0 Å². The number of anilines is 1. The van der Waals surface area contributed by atoms with Crippen LogP contribution in [0.25, 0.3) is 0 Å². The Morgan fingerprint density at radius 2 is 2.00 bits per heavy atom. The lowest BCUT2D eigenvalue weighted by atomic mass is 10.2. The molecule has 21 heavy (non-hydrogen) atoms. The average molecular weight is 303 g/mol. The molecule has 112 valence electrons. The van der Waals surface area contributed by atoms with Gasteiger partial charge in [0, 0.05) is 18.0 Å². The molecular weight excluding hydrogens is 282 g/mol. The molecule has 4 nitrogen and oxygen atoms in total. The van der Waals surface area contributed by atoms with Gasteiger partial charge in [0.05, 0.1) is 6.04 Å². The standard InChI is InChI=1S/C16H21N3OS/c1-11(2)17-15-9-5-7-13(18-15)16(20)19(4)12(3)14-8-6-10-21-14/h5-12H,1-4H3,(H,17,18). The van der Waals surface area contributed by atoms with Crippen molar-refractivity contribution in [2.75, 3.05) is 12.4 Å². The molecule has 2 aromatic rings. The van der Waals surface area contributed by atoms with Gasteiger partial charge in [-0.25, -0.2) is 4.98 Å².